The van der Waals surface area contributed by atoms with Crippen LogP contribution in [0.4, 0.5) is 5.69 Å². The molecular formula is C20H32N2O3. The number of rotatable bonds is 10. The first-order valence-electron chi connectivity index (χ1n) is 9.52. The molecule has 1 aromatic carbocycles. The number of morpholine rings is 1. The van der Waals surface area contributed by atoms with Crippen molar-refractivity contribution in [1.82, 2.24) is 5.32 Å². The number of carbonyl (C=O) groups is 1. The number of anilines is 1. The number of benzene rings is 1. The summed E-state index contributed by atoms with van der Waals surface area (Å²) < 4.78 is 11.4. The zero-order valence-corrected chi connectivity index (χ0v) is 15.6. The summed E-state index contributed by atoms with van der Waals surface area (Å²) in [5.74, 6) is 0.537. The average Bonchev–Trinajstić information content (AvgIpc) is 2.65. The van der Waals surface area contributed by atoms with Crippen LogP contribution < -0.4 is 10.6 Å². The summed E-state index contributed by atoms with van der Waals surface area (Å²) in [5.41, 5.74) is 1.86. The van der Waals surface area contributed by atoms with E-state index in [0.717, 1.165) is 30.8 Å². The van der Waals surface area contributed by atoms with E-state index in [4.69, 9.17) is 9.47 Å². The Kier molecular flexibility index (Phi) is 8.94. The van der Waals surface area contributed by atoms with Crippen molar-refractivity contribution in [2.24, 2.45) is 5.92 Å². The Hall–Kier alpha value is -1.43. The molecule has 140 valence electrons. The second kappa shape index (κ2) is 11.2. The van der Waals surface area contributed by atoms with Crippen LogP contribution in [-0.4, -0.2) is 38.3 Å². The van der Waals surface area contributed by atoms with E-state index in [2.05, 4.69) is 24.5 Å². The summed E-state index contributed by atoms with van der Waals surface area (Å²) in [5, 5.41) is 6.10. The van der Waals surface area contributed by atoms with E-state index in [1.807, 2.05) is 24.3 Å². The van der Waals surface area contributed by atoms with Gasteiger partial charge < -0.3 is 20.1 Å². The maximum atomic E-state index is 12.2. The van der Waals surface area contributed by atoms with Gasteiger partial charge in [-0.3, -0.25) is 4.79 Å². The maximum Gasteiger partial charge on any atom is 0.254 e. The average molecular weight is 348 g/mol. The third-order valence-electron chi connectivity index (χ3n) is 4.58. The fraction of sp³-hybridized carbons (Fsp3) is 0.650. The molecule has 1 aliphatic rings. The first kappa shape index (κ1) is 19.9. The van der Waals surface area contributed by atoms with E-state index < -0.39 is 6.10 Å². The highest BCUT2D eigenvalue weighted by Gasteiger charge is 2.21. The van der Waals surface area contributed by atoms with E-state index in [0.29, 0.717) is 25.7 Å². The van der Waals surface area contributed by atoms with Crippen molar-refractivity contribution in [1.29, 1.82) is 0 Å². The smallest absolute Gasteiger partial charge is 0.254 e. The van der Waals surface area contributed by atoms with Gasteiger partial charge in [-0.05, 0) is 30.0 Å². The predicted molar refractivity (Wildman–Crippen MR) is 101 cm³/mol. The van der Waals surface area contributed by atoms with Gasteiger partial charge in [-0.15, -0.1) is 0 Å². The highest BCUT2D eigenvalue weighted by molar-refractivity contribution is 5.94. The number of ether oxygens (including phenoxy) is 2. The molecule has 1 aromatic rings. The Morgan fingerprint density at radius 3 is 3.04 bits per heavy atom. The second-order valence-corrected chi connectivity index (χ2v) is 6.68. The van der Waals surface area contributed by atoms with Crippen molar-refractivity contribution >= 4 is 11.6 Å². The molecule has 0 aliphatic carbocycles. The molecule has 5 nitrogen and oxygen atoms in total. The highest BCUT2D eigenvalue weighted by atomic mass is 16.5. The van der Waals surface area contributed by atoms with Gasteiger partial charge in [0.1, 0.15) is 6.10 Å². The SMILES string of the molecule is CCCCC(CC)COCc1cccc(NC(=O)C2CNCCO2)c1. The monoisotopic (exact) mass is 348 g/mol. The number of amides is 1. The maximum absolute atomic E-state index is 12.2. The van der Waals surface area contributed by atoms with Crippen LogP contribution in [0.1, 0.15) is 45.1 Å². The first-order valence-corrected chi connectivity index (χ1v) is 9.52. The molecule has 2 atom stereocenters. The van der Waals surface area contributed by atoms with Crippen LogP contribution in [-0.2, 0) is 20.9 Å². The Bertz CT molecular complexity index is 515. The van der Waals surface area contributed by atoms with Gasteiger partial charge >= 0.3 is 0 Å². The standard InChI is InChI=1S/C20H32N2O3/c1-3-5-7-16(4-2)14-24-15-17-8-6-9-18(12-17)22-20(23)19-13-21-10-11-25-19/h6,8-9,12,16,19,21H,3-5,7,10-11,13-15H2,1-2H3,(H,22,23). The summed E-state index contributed by atoms with van der Waals surface area (Å²) in [6.07, 6.45) is 4.47. The van der Waals surface area contributed by atoms with Crippen molar-refractivity contribution in [3.05, 3.63) is 29.8 Å². The van der Waals surface area contributed by atoms with Gasteiger partial charge in [0.05, 0.1) is 13.2 Å². The van der Waals surface area contributed by atoms with Gasteiger partial charge in [-0.2, -0.15) is 0 Å². The fourth-order valence-corrected chi connectivity index (χ4v) is 2.94. The molecule has 1 fully saturated rings. The molecule has 0 spiro atoms. The lowest BCUT2D eigenvalue weighted by Crippen LogP contribution is -2.45. The number of carbonyl (C=O) groups excluding carboxylic acids is 1. The van der Waals surface area contributed by atoms with Gasteiger partial charge in [-0.1, -0.05) is 45.2 Å². The van der Waals surface area contributed by atoms with Crippen LogP contribution >= 0.6 is 0 Å². The fourth-order valence-electron chi connectivity index (χ4n) is 2.94. The van der Waals surface area contributed by atoms with Crippen molar-refractivity contribution in [3.63, 3.8) is 0 Å². The second-order valence-electron chi connectivity index (χ2n) is 6.68. The lowest BCUT2D eigenvalue weighted by molar-refractivity contribution is -0.128. The largest absolute Gasteiger partial charge is 0.376 e. The topological polar surface area (TPSA) is 59.6 Å². The molecule has 2 rings (SSSR count). The number of unbranched alkanes of at least 4 members (excludes halogenated alkanes) is 1. The normalized spacial score (nSPS) is 18.7. The molecule has 0 aromatic heterocycles. The third kappa shape index (κ3) is 7.14. The Balaban J connectivity index is 1.78. The summed E-state index contributed by atoms with van der Waals surface area (Å²) in [4.78, 5) is 12.2. The molecule has 0 saturated carbocycles. The minimum Gasteiger partial charge on any atom is -0.376 e. The minimum absolute atomic E-state index is 0.101. The van der Waals surface area contributed by atoms with Crippen molar-refractivity contribution in [3.8, 4) is 0 Å². The summed E-state index contributed by atoms with van der Waals surface area (Å²) in [6.45, 7) is 7.76. The van der Waals surface area contributed by atoms with E-state index in [1.54, 1.807) is 0 Å². The molecule has 5 heteroatoms. The lowest BCUT2D eigenvalue weighted by Gasteiger charge is -2.22. The predicted octanol–water partition coefficient (Wildman–Crippen LogP) is 3.35. The molecule has 1 saturated heterocycles. The molecule has 2 unspecified atom stereocenters. The molecule has 1 heterocycles. The molecule has 25 heavy (non-hydrogen) atoms. The zero-order chi connectivity index (χ0) is 17.9. The van der Waals surface area contributed by atoms with E-state index in [-0.39, 0.29) is 5.91 Å². The zero-order valence-electron chi connectivity index (χ0n) is 15.6. The first-order chi connectivity index (χ1) is 12.2. The van der Waals surface area contributed by atoms with Crippen molar-refractivity contribution < 1.29 is 14.3 Å². The number of hydrogen-bond donors (Lipinski definition) is 2. The molecule has 0 radical (unpaired) electrons. The Labute approximate surface area is 151 Å². The quantitative estimate of drug-likeness (QED) is 0.681. The van der Waals surface area contributed by atoms with Gasteiger partial charge in [-0.25, -0.2) is 0 Å². The van der Waals surface area contributed by atoms with Gasteiger partial charge in [0, 0.05) is 25.4 Å². The Morgan fingerprint density at radius 2 is 2.32 bits per heavy atom. The van der Waals surface area contributed by atoms with Crippen LogP contribution in [0.2, 0.25) is 0 Å². The molecule has 1 amide bonds. The highest BCUT2D eigenvalue weighted by Crippen LogP contribution is 2.16. The van der Waals surface area contributed by atoms with Crippen molar-refractivity contribution in [2.75, 3.05) is 31.6 Å². The Morgan fingerprint density at radius 1 is 1.44 bits per heavy atom. The lowest BCUT2D eigenvalue weighted by atomic mass is 10.0. The third-order valence-corrected chi connectivity index (χ3v) is 4.58. The molecule has 1 aliphatic heterocycles. The van der Waals surface area contributed by atoms with E-state index >= 15 is 0 Å². The molecular weight excluding hydrogens is 316 g/mol. The van der Waals surface area contributed by atoms with Crippen LogP contribution in [0.15, 0.2) is 24.3 Å². The molecule has 2 N–H and O–H groups in total. The number of nitrogens with one attached hydrogen (secondary N) is 2. The van der Waals surface area contributed by atoms with Gasteiger partial charge in [0.2, 0.25) is 0 Å². The van der Waals surface area contributed by atoms with Crippen molar-refractivity contribution in [2.45, 2.75) is 52.2 Å². The minimum atomic E-state index is -0.419. The summed E-state index contributed by atoms with van der Waals surface area (Å²) in [6, 6.07) is 7.85. The molecule has 0 bridgehead atoms. The summed E-state index contributed by atoms with van der Waals surface area (Å²) >= 11 is 0. The number of hydrogen-bond acceptors (Lipinski definition) is 4. The van der Waals surface area contributed by atoms with Crippen LogP contribution in [0, 0.1) is 5.92 Å². The van der Waals surface area contributed by atoms with Crippen LogP contribution in [0.5, 0.6) is 0 Å². The summed E-state index contributed by atoms with van der Waals surface area (Å²) in [7, 11) is 0. The van der Waals surface area contributed by atoms with Gasteiger partial charge in [0.15, 0.2) is 0 Å². The van der Waals surface area contributed by atoms with E-state index in [1.165, 1.54) is 19.3 Å². The van der Waals surface area contributed by atoms with Crippen LogP contribution in [0.3, 0.4) is 0 Å². The van der Waals surface area contributed by atoms with E-state index in [9.17, 15) is 4.79 Å². The van der Waals surface area contributed by atoms with Crippen LogP contribution in [0.25, 0.3) is 0 Å². The van der Waals surface area contributed by atoms with Gasteiger partial charge in [0.25, 0.3) is 5.91 Å².